The van der Waals surface area contributed by atoms with Gasteiger partial charge in [-0.2, -0.15) is 0 Å². The first-order valence-corrected chi connectivity index (χ1v) is 6.32. The molecule has 2 aromatic rings. The summed E-state index contributed by atoms with van der Waals surface area (Å²) in [5.41, 5.74) is 0.936. The van der Waals surface area contributed by atoms with Gasteiger partial charge in [-0.05, 0) is 31.3 Å². The molecule has 0 aliphatic carbocycles. The average Bonchev–Trinajstić information content (AvgIpc) is 2.69. The maximum atomic E-state index is 5.92. The first-order valence-electron chi connectivity index (χ1n) is 4.74. The van der Waals surface area contributed by atoms with Gasteiger partial charge in [0.05, 0.1) is 21.1 Å². The highest BCUT2D eigenvalue weighted by atomic mass is 35.5. The summed E-state index contributed by atoms with van der Waals surface area (Å²) in [5.74, 6) is 0. The maximum Gasteiger partial charge on any atom is 0.0931 e. The van der Waals surface area contributed by atoms with Crippen LogP contribution in [-0.2, 0) is 0 Å². The minimum atomic E-state index is 0.0646. The Morgan fingerprint density at radius 1 is 1.25 bits per heavy atom. The van der Waals surface area contributed by atoms with Crippen molar-refractivity contribution in [3.63, 3.8) is 0 Å². The molecule has 2 aromatic heterocycles. The summed E-state index contributed by atoms with van der Waals surface area (Å²) in [6, 6.07) is 7.71. The first-order chi connectivity index (χ1) is 7.70. The molecule has 84 valence electrons. The van der Waals surface area contributed by atoms with E-state index in [0.717, 1.165) is 14.9 Å². The predicted molar refractivity (Wildman–Crippen MR) is 69.5 cm³/mol. The number of rotatable bonds is 3. The van der Waals surface area contributed by atoms with Crippen molar-refractivity contribution in [2.75, 3.05) is 7.05 Å². The van der Waals surface area contributed by atoms with Gasteiger partial charge in [-0.25, -0.2) is 0 Å². The minimum Gasteiger partial charge on any atom is -0.307 e. The van der Waals surface area contributed by atoms with Crippen LogP contribution in [0.1, 0.15) is 16.6 Å². The molecule has 2 nitrogen and oxygen atoms in total. The van der Waals surface area contributed by atoms with Gasteiger partial charge in [0.15, 0.2) is 0 Å². The van der Waals surface area contributed by atoms with Gasteiger partial charge in [0.2, 0.25) is 0 Å². The Hall–Kier alpha value is -0.610. The zero-order valence-electron chi connectivity index (χ0n) is 8.58. The lowest BCUT2D eigenvalue weighted by atomic mass is 10.1. The normalized spacial score (nSPS) is 12.7. The van der Waals surface area contributed by atoms with Crippen molar-refractivity contribution in [2.24, 2.45) is 0 Å². The molecule has 0 fully saturated rings. The van der Waals surface area contributed by atoms with Gasteiger partial charge in [0.25, 0.3) is 0 Å². The second-order valence-electron chi connectivity index (χ2n) is 3.26. The van der Waals surface area contributed by atoms with Gasteiger partial charge in [-0.1, -0.05) is 23.2 Å². The molecule has 0 saturated carbocycles. The summed E-state index contributed by atoms with van der Waals surface area (Å²) in [5, 5.41) is 3.86. The Morgan fingerprint density at radius 3 is 2.56 bits per heavy atom. The van der Waals surface area contributed by atoms with Crippen LogP contribution in [0.2, 0.25) is 9.36 Å². The highest BCUT2D eigenvalue weighted by Crippen LogP contribution is 2.30. The van der Waals surface area contributed by atoms with Gasteiger partial charge in [-0.15, -0.1) is 11.3 Å². The molecule has 1 unspecified atom stereocenters. The van der Waals surface area contributed by atoms with Crippen molar-refractivity contribution in [1.29, 1.82) is 0 Å². The fourth-order valence-corrected chi connectivity index (χ4v) is 2.77. The van der Waals surface area contributed by atoms with Crippen molar-refractivity contribution in [1.82, 2.24) is 10.3 Å². The van der Waals surface area contributed by atoms with Crippen LogP contribution in [0, 0.1) is 0 Å². The Balaban J connectivity index is 2.32. The number of halogens is 2. The van der Waals surface area contributed by atoms with E-state index in [1.54, 1.807) is 17.5 Å². The van der Waals surface area contributed by atoms with Crippen molar-refractivity contribution in [3.8, 4) is 0 Å². The van der Waals surface area contributed by atoms with Gasteiger partial charge in [0.1, 0.15) is 0 Å². The third kappa shape index (κ3) is 2.55. The molecule has 0 saturated heterocycles. The number of hydrogen-bond donors (Lipinski definition) is 1. The summed E-state index contributed by atoms with van der Waals surface area (Å²) < 4.78 is 0.782. The number of aromatic nitrogens is 1. The fourth-order valence-electron chi connectivity index (χ4n) is 1.48. The second kappa shape index (κ2) is 5.15. The van der Waals surface area contributed by atoms with E-state index in [1.807, 2.05) is 31.3 Å². The summed E-state index contributed by atoms with van der Waals surface area (Å²) in [6.45, 7) is 0. The van der Waals surface area contributed by atoms with Gasteiger partial charge in [-0.3, -0.25) is 4.98 Å². The van der Waals surface area contributed by atoms with E-state index in [2.05, 4.69) is 10.3 Å². The standard InChI is InChI=1S/C11H10Cl2N2S/c1-14-11(9-4-5-10(13)16-9)8-3-2-7(12)6-15-8/h2-6,11,14H,1H3. The highest BCUT2D eigenvalue weighted by molar-refractivity contribution is 7.16. The summed E-state index contributed by atoms with van der Waals surface area (Å²) >= 11 is 13.3. The van der Waals surface area contributed by atoms with Crippen molar-refractivity contribution in [3.05, 3.63) is 50.4 Å². The lowest BCUT2D eigenvalue weighted by Gasteiger charge is -2.13. The smallest absolute Gasteiger partial charge is 0.0931 e. The lowest BCUT2D eigenvalue weighted by Crippen LogP contribution is -2.17. The van der Waals surface area contributed by atoms with Crippen LogP contribution >= 0.6 is 34.5 Å². The van der Waals surface area contributed by atoms with E-state index < -0.39 is 0 Å². The summed E-state index contributed by atoms with van der Waals surface area (Å²) in [4.78, 5) is 5.45. The fraction of sp³-hybridized carbons (Fsp3) is 0.182. The molecule has 1 N–H and O–H groups in total. The third-order valence-corrected chi connectivity index (χ3v) is 3.73. The second-order valence-corrected chi connectivity index (χ2v) is 5.45. The van der Waals surface area contributed by atoms with Crippen LogP contribution in [0.4, 0.5) is 0 Å². The zero-order valence-corrected chi connectivity index (χ0v) is 10.9. The minimum absolute atomic E-state index is 0.0646. The molecule has 2 heterocycles. The predicted octanol–water partition coefficient (Wildman–Crippen LogP) is 3.76. The van der Waals surface area contributed by atoms with E-state index in [9.17, 15) is 0 Å². The number of pyridine rings is 1. The molecule has 0 spiro atoms. The van der Waals surface area contributed by atoms with Crippen molar-refractivity contribution < 1.29 is 0 Å². The average molecular weight is 273 g/mol. The molecule has 1 atom stereocenters. The zero-order chi connectivity index (χ0) is 11.5. The van der Waals surface area contributed by atoms with Crippen LogP contribution in [-0.4, -0.2) is 12.0 Å². The molecule has 2 rings (SSSR count). The topological polar surface area (TPSA) is 24.9 Å². The number of hydrogen-bond acceptors (Lipinski definition) is 3. The molecule has 0 amide bonds. The molecule has 0 radical (unpaired) electrons. The van der Waals surface area contributed by atoms with Gasteiger partial charge >= 0.3 is 0 Å². The van der Waals surface area contributed by atoms with Crippen molar-refractivity contribution >= 4 is 34.5 Å². The number of nitrogens with zero attached hydrogens (tertiary/aromatic N) is 1. The molecule has 0 aliphatic rings. The summed E-state index contributed by atoms with van der Waals surface area (Å²) in [7, 11) is 1.90. The van der Waals surface area contributed by atoms with Crippen LogP contribution in [0.5, 0.6) is 0 Å². The molecule has 16 heavy (non-hydrogen) atoms. The molecule has 0 bridgehead atoms. The molecular formula is C11H10Cl2N2S. The molecule has 0 aromatic carbocycles. The lowest BCUT2D eigenvalue weighted by molar-refractivity contribution is 0.682. The highest BCUT2D eigenvalue weighted by Gasteiger charge is 2.15. The third-order valence-electron chi connectivity index (χ3n) is 2.21. The van der Waals surface area contributed by atoms with Gasteiger partial charge in [0, 0.05) is 11.1 Å². The van der Waals surface area contributed by atoms with Crippen LogP contribution in [0.15, 0.2) is 30.5 Å². The van der Waals surface area contributed by atoms with E-state index in [4.69, 9.17) is 23.2 Å². The largest absolute Gasteiger partial charge is 0.307 e. The Morgan fingerprint density at radius 2 is 2.06 bits per heavy atom. The number of nitrogens with one attached hydrogen (secondary N) is 1. The van der Waals surface area contributed by atoms with Crippen LogP contribution < -0.4 is 5.32 Å². The van der Waals surface area contributed by atoms with E-state index in [1.165, 1.54) is 0 Å². The SMILES string of the molecule is CNC(c1ccc(Cl)cn1)c1ccc(Cl)s1. The van der Waals surface area contributed by atoms with E-state index >= 15 is 0 Å². The van der Waals surface area contributed by atoms with E-state index in [0.29, 0.717) is 5.02 Å². The molecule has 5 heteroatoms. The van der Waals surface area contributed by atoms with Crippen LogP contribution in [0.25, 0.3) is 0 Å². The molecule has 0 aliphatic heterocycles. The van der Waals surface area contributed by atoms with Crippen molar-refractivity contribution in [2.45, 2.75) is 6.04 Å². The molecular weight excluding hydrogens is 263 g/mol. The van der Waals surface area contributed by atoms with Crippen LogP contribution in [0.3, 0.4) is 0 Å². The Labute approximate surface area is 108 Å². The summed E-state index contributed by atoms with van der Waals surface area (Å²) in [6.07, 6.45) is 1.65. The quantitative estimate of drug-likeness (QED) is 0.921. The monoisotopic (exact) mass is 272 g/mol. The Kier molecular flexibility index (Phi) is 3.82. The van der Waals surface area contributed by atoms with E-state index in [-0.39, 0.29) is 6.04 Å². The first kappa shape index (κ1) is 11.9. The Bertz CT molecular complexity index is 467. The van der Waals surface area contributed by atoms with Gasteiger partial charge < -0.3 is 5.32 Å². The maximum absolute atomic E-state index is 5.92. The number of thiophene rings is 1.